The Kier molecular flexibility index (Phi) is 6.10. The number of carbonyl (C=O) groups excluding carboxylic acids is 1. The van der Waals surface area contributed by atoms with Gasteiger partial charge in [-0.25, -0.2) is 9.67 Å². The molecule has 0 radical (unpaired) electrons. The standard InChI is InChI=1S/C25H25N5O3S/c1-16-7-9-18(10-8-16)30-23-20(14-27-30)24(32)29-19(15-34-25(29)28-23)13-22(31)26-12-11-17-5-3-4-6-21(17)33-2/h3-10,14,19H,11-13,15H2,1-2H3,(H,26,31). The normalized spacial score (nSPS) is 14.8. The first kappa shape index (κ1) is 22.2. The number of fused-ring (bicyclic) bond motifs is 2. The summed E-state index contributed by atoms with van der Waals surface area (Å²) in [4.78, 5) is 30.7. The lowest BCUT2D eigenvalue weighted by molar-refractivity contribution is -0.121. The van der Waals surface area contributed by atoms with Crippen molar-refractivity contribution >= 4 is 28.7 Å². The van der Waals surface area contributed by atoms with E-state index < -0.39 is 0 Å². The Balaban J connectivity index is 1.31. The smallest absolute Gasteiger partial charge is 0.265 e. The molecule has 3 heterocycles. The van der Waals surface area contributed by atoms with Gasteiger partial charge in [0.15, 0.2) is 10.8 Å². The highest BCUT2D eigenvalue weighted by Gasteiger charge is 2.29. The Morgan fingerprint density at radius 3 is 2.79 bits per heavy atom. The van der Waals surface area contributed by atoms with Crippen molar-refractivity contribution in [3.63, 3.8) is 0 Å². The number of nitrogens with one attached hydrogen (secondary N) is 1. The zero-order valence-corrected chi connectivity index (χ0v) is 19.8. The fraction of sp³-hybridized carbons (Fsp3) is 0.280. The van der Waals surface area contributed by atoms with Gasteiger partial charge in [-0.1, -0.05) is 47.7 Å². The van der Waals surface area contributed by atoms with Gasteiger partial charge in [-0.2, -0.15) is 5.10 Å². The molecule has 2 aromatic carbocycles. The molecule has 1 aliphatic rings. The maximum Gasteiger partial charge on any atom is 0.265 e. The van der Waals surface area contributed by atoms with Gasteiger partial charge in [0.1, 0.15) is 11.1 Å². The van der Waals surface area contributed by atoms with Crippen molar-refractivity contribution in [3.8, 4) is 11.4 Å². The fourth-order valence-electron chi connectivity index (χ4n) is 4.19. The fourth-order valence-corrected chi connectivity index (χ4v) is 5.32. The SMILES string of the molecule is COc1ccccc1CCNC(=O)CC1CSc2nc3c(cnn3-c3ccc(C)cc3)c(=O)n21. The van der Waals surface area contributed by atoms with Crippen LogP contribution in [0, 0.1) is 6.92 Å². The number of thioether (sulfide) groups is 1. The molecule has 1 unspecified atom stereocenters. The summed E-state index contributed by atoms with van der Waals surface area (Å²) in [6.45, 7) is 2.52. The maximum atomic E-state index is 13.3. The molecule has 8 nitrogen and oxygen atoms in total. The van der Waals surface area contributed by atoms with Crippen LogP contribution in [0.2, 0.25) is 0 Å². The molecule has 4 aromatic rings. The summed E-state index contributed by atoms with van der Waals surface area (Å²) >= 11 is 1.50. The Bertz CT molecular complexity index is 1410. The number of rotatable bonds is 7. The van der Waals surface area contributed by atoms with Crippen LogP contribution in [0.3, 0.4) is 0 Å². The number of ether oxygens (including phenoxy) is 1. The van der Waals surface area contributed by atoms with Gasteiger partial charge in [-0.15, -0.1) is 0 Å². The summed E-state index contributed by atoms with van der Waals surface area (Å²) in [7, 11) is 1.64. The first-order valence-electron chi connectivity index (χ1n) is 11.1. The molecule has 0 fully saturated rings. The van der Waals surface area contributed by atoms with Crippen LogP contribution in [0.15, 0.2) is 64.7 Å². The van der Waals surface area contributed by atoms with Gasteiger partial charge in [-0.05, 0) is 37.1 Å². The van der Waals surface area contributed by atoms with Crippen molar-refractivity contribution in [1.82, 2.24) is 24.6 Å². The van der Waals surface area contributed by atoms with E-state index in [4.69, 9.17) is 9.72 Å². The first-order valence-corrected chi connectivity index (χ1v) is 12.1. The quantitative estimate of drug-likeness (QED) is 0.413. The molecule has 0 aliphatic carbocycles. The molecule has 0 saturated heterocycles. The zero-order chi connectivity index (χ0) is 23.7. The highest BCUT2D eigenvalue weighted by molar-refractivity contribution is 7.99. The van der Waals surface area contributed by atoms with Crippen LogP contribution in [0.1, 0.15) is 23.6 Å². The first-order chi connectivity index (χ1) is 16.5. The lowest BCUT2D eigenvalue weighted by Crippen LogP contribution is -2.31. The van der Waals surface area contributed by atoms with Gasteiger partial charge in [0.25, 0.3) is 5.56 Å². The largest absolute Gasteiger partial charge is 0.496 e. The van der Waals surface area contributed by atoms with Crippen LogP contribution in [-0.2, 0) is 11.2 Å². The molecule has 9 heteroatoms. The number of aromatic nitrogens is 4. The number of hydrogen-bond donors (Lipinski definition) is 1. The molecular weight excluding hydrogens is 450 g/mol. The predicted molar refractivity (Wildman–Crippen MR) is 132 cm³/mol. The van der Waals surface area contributed by atoms with E-state index in [0.717, 1.165) is 22.6 Å². The number of carbonyl (C=O) groups is 1. The van der Waals surface area contributed by atoms with Crippen molar-refractivity contribution in [2.75, 3.05) is 19.4 Å². The zero-order valence-electron chi connectivity index (χ0n) is 19.0. The highest BCUT2D eigenvalue weighted by atomic mass is 32.2. The van der Waals surface area contributed by atoms with Gasteiger partial charge in [0.05, 0.1) is 25.0 Å². The Morgan fingerprint density at radius 1 is 1.21 bits per heavy atom. The molecule has 1 amide bonds. The van der Waals surface area contributed by atoms with E-state index in [2.05, 4.69) is 10.4 Å². The molecule has 2 aromatic heterocycles. The van der Waals surface area contributed by atoms with Crippen molar-refractivity contribution in [2.45, 2.75) is 31.0 Å². The average Bonchev–Trinajstić information content (AvgIpc) is 3.45. The van der Waals surface area contributed by atoms with E-state index in [1.807, 2.05) is 55.5 Å². The average molecular weight is 476 g/mol. The van der Waals surface area contributed by atoms with E-state index in [0.29, 0.717) is 34.9 Å². The molecule has 174 valence electrons. The second kappa shape index (κ2) is 9.34. The molecule has 0 spiro atoms. The molecule has 34 heavy (non-hydrogen) atoms. The Labute approximate surface area is 201 Å². The third-order valence-corrected chi connectivity index (χ3v) is 7.08. The summed E-state index contributed by atoms with van der Waals surface area (Å²) < 4.78 is 8.70. The molecule has 0 bridgehead atoms. The summed E-state index contributed by atoms with van der Waals surface area (Å²) in [5.41, 5.74) is 3.42. The predicted octanol–water partition coefficient (Wildman–Crippen LogP) is 3.30. The van der Waals surface area contributed by atoms with Gasteiger partial charge in [0.2, 0.25) is 5.91 Å². The summed E-state index contributed by atoms with van der Waals surface area (Å²) in [6, 6.07) is 15.4. The third kappa shape index (κ3) is 4.19. The highest BCUT2D eigenvalue weighted by Crippen LogP contribution is 2.33. The maximum absolute atomic E-state index is 13.3. The van der Waals surface area contributed by atoms with Crippen molar-refractivity contribution in [2.24, 2.45) is 0 Å². The molecule has 5 rings (SSSR count). The lowest BCUT2D eigenvalue weighted by Gasteiger charge is -2.14. The number of para-hydroxylation sites is 1. The summed E-state index contributed by atoms with van der Waals surface area (Å²) in [5, 5.41) is 8.45. The number of aryl methyl sites for hydroxylation is 1. The van der Waals surface area contributed by atoms with Gasteiger partial charge in [-0.3, -0.25) is 14.2 Å². The van der Waals surface area contributed by atoms with E-state index in [-0.39, 0.29) is 23.9 Å². The number of methoxy groups -OCH3 is 1. The van der Waals surface area contributed by atoms with E-state index >= 15 is 0 Å². The van der Waals surface area contributed by atoms with Crippen molar-refractivity contribution in [3.05, 3.63) is 76.2 Å². The van der Waals surface area contributed by atoms with Crippen molar-refractivity contribution in [1.29, 1.82) is 0 Å². The lowest BCUT2D eigenvalue weighted by atomic mass is 10.1. The molecule has 0 saturated carbocycles. The number of benzene rings is 2. The van der Waals surface area contributed by atoms with Crippen LogP contribution in [0.5, 0.6) is 5.75 Å². The van der Waals surface area contributed by atoms with Crippen LogP contribution in [-0.4, -0.2) is 44.6 Å². The molecule has 1 N–H and O–H groups in total. The van der Waals surface area contributed by atoms with Crippen LogP contribution >= 0.6 is 11.8 Å². The number of nitrogens with zero attached hydrogens (tertiary/aromatic N) is 4. The molecular formula is C25H25N5O3S. The minimum atomic E-state index is -0.238. The Morgan fingerprint density at radius 2 is 2.00 bits per heavy atom. The van der Waals surface area contributed by atoms with E-state index in [9.17, 15) is 9.59 Å². The van der Waals surface area contributed by atoms with Crippen LogP contribution in [0.4, 0.5) is 0 Å². The summed E-state index contributed by atoms with van der Waals surface area (Å²) in [6.07, 6.45) is 2.46. The number of amides is 1. The monoisotopic (exact) mass is 475 g/mol. The minimum absolute atomic E-state index is 0.0873. The molecule has 1 aliphatic heterocycles. The minimum Gasteiger partial charge on any atom is -0.496 e. The van der Waals surface area contributed by atoms with Gasteiger partial charge in [0, 0.05) is 18.7 Å². The molecule has 1 atom stereocenters. The van der Waals surface area contributed by atoms with Crippen molar-refractivity contribution < 1.29 is 9.53 Å². The van der Waals surface area contributed by atoms with Gasteiger partial charge < -0.3 is 10.1 Å². The van der Waals surface area contributed by atoms with Gasteiger partial charge >= 0.3 is 0 Å². The summed E-state index contributed by atoms with van der Waals surface area (Å²) in [5.74, 6) is 1.36. The second-order valence-corrected chi connectivity index (χ2v) is 9.27. The second-order valence-electron chi connectivity index (χ2n) is 8.28. The Hall–Kier alpha value is -3.59. The van der Waals surface area contributed by atoms with E-state index in [1.54, 1.807) is 22.6 Å². The topological polar surface area (TPSA) is 91.0 Å². The van der Waals surface area contributed by atoms with Crippen LogP contribution in [0.25, 0.3) is 16.7 Å². The number of hydrogen-bond acceptors (Lipinski definition) is 6. The van der Waals surface area contributed by atoms with E-state index in [1.165, 1.54) is 11.8 Å². The van der Waals surface area contributed by atoms with Crippen LogP contribution < -0.4 is 15.6 Å². The third-order valence-electron chi connectivity index (χ3n) is 5.98.